The van der Waals surface area contributed by atoms with Crippen LogP contribution in [0.2, 0.25) is 10.0 Å². The van der Waals surface area contributed by atoms with Crippen LogP contribution >= 0.6 is 73.4 Å². The van der Waals surface area contributed by atoms with E-state index in [0.29, 0.717) is 5.02 Å². The van der Waals surface area contributed by atoms with Crippen molar-refractivity contribution < 1.29 is 0 Å². The molecule has 0 aromatic carbocycles. The van der Waals surface area contributed by atoms with Crippen molar-refractivity contribution in [3.63, 3.8) is 0 Å². The summed E-state index contributed by atoms with van der Waals surface area (Å²) < 4.78 is 0.902. The molecule has 2 aromatic heterocycles. The predicted octanol–water partition coefficient (Wildman–Crippen LogP) is 6.52. The summed E-state index contributed by atoms with van der Waals surface area (Å²) in [6.07, 6.45) is 0. The van der Waals surface area contributed by atoms with Gasteiger partial charge in [0.05, 0.1) is 13.8 Å². The summed E-state index contributed by atoms with van der Waals surface area (Å²) in [6.45, 7) is 1.98. The van der Waals surface area contributed by atoms with Crippen LogP contribution in [-0.2, 0) is 0 Å². The van der Waals surface area contributed by atoms with Gasteiger partial charge in [-0.2, -0.15) is 0 Å². The Morgan fingerprint density at radius 1 is 1.38 bits per heavy atom. The highest BCUT2D eigenvalue weighted by atomic mass is 79.9. The van der Waals surface area contributed by atoms with Crippen LogP contribution in [0.15, 0.2) is 15.2 Å². The predicted molar refractivity (Wildman–Crippen MR) is 78.8 cm³/mol. The van der Waals surface area contributed by atoms with Gasteiger partial charge in [-0.05, 0) is 39.9 Å². The Kier molecular flexibility index (Phi) is 4.26. The zero-order chi connectivity index (χ0) is 11.9. The molecule has 6 heteroatoms. The van der Waals surface area contributed by atoms with Gasteiger partial charge >= 0.3 is 0 Å². The normalized spacial score (nSPS) is 13.1. The standard InChI is InChI=1S/C10H6BrCl3S2/c1-4-3-15-9(7(4)13)8(14)6-2-5(12)10(11)16-6/h2-3,8H,1H3. The van der Waals surface area contributed by atoms with E-state index in [1.807, 2.05) is 18.4 Å². The van der Waals surface area contributed by atoms with Crippen molar-refractivity contribution in [3.8, 4) is 0 Å². The third kappa shape index (κ3) is 2.45. The minimum atomic E-state index is -0.222. The summed E-state index contributed by atoms with van der Waals surface area (Å²) in [7, 11) is 0. The van der Waals surface area contributed by atoms with Crippen molar-refractivity contribution in [2.75, 3.05) is 0 Å². The second-order valence-corrected chi connectivity index (χ2v) is 7.76. The van der Waals surface area contributed by atoms with Gasteiger partial charge in [-0.25, -0.2) is 0 Å². The third-order valence-corrected chi connectivity index (χ3v) is 7.10. The number of aryl methyl sites for hydroxylation is 1. The quantitative estimate of drug-likeness (QED) is 0.524. The second kappa shape index (κ2) is 5.17. The fourth-order valence-electron chi connectivity index (χ4n) is 1.24. The van der Waals surface area contributed by atoms with Crippen molar-refractivity contribution in [1.82, 2.24) is 0 Å². The Morgan fingerprint density at radius 3 is 2.50 bits per heavy atom. The Labute approximate surface area is 125 Å². The molecule has 2 aromatic rings. The SMILES string of the molecule is Cc1csc(C(Cl)c2cc(Cl)c(Br)s2)c1Cl. The zero-order valence-corrected chi connectivity index (χ0v) is 13.5. The van der Waals surface area contributed by atoms with Crippen molar-refractivity contribution in [2.24, 2.45) is 0 Å². The molecule has 1 atom stereocenters. The van der Waals surface area contributed by atoms with Crippen molar-refractivity contribution in [2.45, 2.75) is 12.3 Å². The minimum absolute atomic E-state index is 0.222. The van der Waals surface area contributed by atoms with Crippen LogP contribution in [0.1, 0.15) is 20.7 Å². The summed E-state index contributed by atoms with van der Waals surface area (Å²) in [6, 6.07) is 1.87. The molecule has 0 aliphatic carbocycles. The van der Waals surface area contributed by atoms with Gasteiger partial charge in [-0.15, -0.1) is 34.3 Å². The molecule has 0 aliphatic rings. The lowest BCUT2D eigenvalue weighted by Crippen LogP contribution is -1.86. The maximum absolute atomic E-state index is 6.39. The molecule has 0 bridgehead atoms. The summed E-state index contributed by atoms with van der Waals surface area (Å²) >= 11 is 25.1. The van der Waals surface area contributed by atoms with Gasteiger partial charge in [0, 0.05) is 9.75 Å². The lowest BCUT2D eigenvalue weighted by molar-refractivity contribution is 1.23. The lowest BCUT2D eigenvalue weighted by atomic mass is 10.2. The number of halogens is 4. The van der Waals surface area contributed by atoms with Crippen molar-refractivity contribution in [3.05, 3.63) is 40.6 Å². The zero-order valence-electron chi connectivity index (χ0n) is 8.06. The fourth-order valence-corrected chi connectivity index (χ4v) is 4.86. The Morgan fingerprint density at radius 2 is 2.06 bits per heavy atom. The Bertz CT molecular complexity index is 499. The van der Waals surface area contributed by atoms with E-state index in [9.17, 15) is 0 Å². The molecule has 0 fully saturated rings. The second-order valence-electron chi connectivity index (χ2n) is 3.23. The molecule has 86 valence electrons. The molecule has 2 rings (SSSR count). The summed E-state index contributed by atoms with van der Waals surface area (Å²) in [5.41, 5.74) is 1.06. The molecule has 0 saturated heterocycles. The average molecular weight is 377 g/mol. The molecule has 0 spiro atoms. The minimum Gasteiger partial charge on any atom is -0.145 e. The average Bonchev–Trinajstić information content (AvgIpc) is 2.73. The van der Waals surface area contributed by atoms with E-state index in [0.717, 1.165) is 24.1 Å². The van der Waals surface area contributed by atoms with E-state index in [1.54, 1.807) is 11.3 Å². The van der Waals surface area contributed by atoms with Crippen LogP contribution in [0.3, 0.4) is 0 Å². The monoisotopic (exact) mass is 374 g/mol. The number of rotatable bonds is 2. The summed E-state index contributed by atoms with van der Waals surface area (Å²) in [4.78, 5) is 1.98. The maximum Gasteiger partial charge on any atom is 0.104 e. The third-order valence-electron chi connectivity index (χ3n) is 2.07. The molecule has 1 unspecified atom stereocenters. The highest BCUT2D eigenvalue weighted by Gasteiger charge is 2.20. The van der Waals surface area contributed by atoms with Crippen molar-refractivity contribution >= 4 is 73.4 Å². The molecule has 0 N–H and O–H groups in total. The molecular weight excluding hydrogens is 371 g/mol. The van der Waals surface area contributed by atoms with Gasteiger partial charge in [0.1, 0.15) is 5.38 Å². The van der Waals surface area contributed by atoms with Gasteiger partial charge in [-0.1, -0.05) is 23.2 Å². The van der Waals surface area contributed by atoms with Gasteiger partial charge in [0.25, 0.3) is 0 Å². The van der Waals surface area contributed by atoms with Crippen molar-refractivity contribution in [1.29, 1.82) is 0 Å². The number of alkyl halides is 1. The van der Waals surface area contributed by atoms with Crippen LogP contribution in [0.4, 0.5) is 0 Å². The highest BCUT2D eigenvalue weighted by Crippen LogP contribution is 2.44. The molecular formula is C10H6BrCl3S2. The first-order valence-corrected chi connectivity index (χ1v) is 8.01. The summed E-state index contributed by atoms with van der Waals surface area (Å²) in [5, 5.41) is 3.23. The maximum atomic E-state index is 6.39. The molecule has 0 saturated carbocycles. The first-order valence-electron chi connectivity index (χ1n) is 4.33. The van der Waals surface area contributed by atoms with Gasteiger partial charge in [0.2, 0.25) is 0 Å². The topological polar surface area (TPSA) is 0 Å². The van der Waals surface area contributed by atoms with E-state index in [1.165, 1.54) is 11.3 Å². The van der Waals surface area contributed by atoms with Crippen LogP contribution in [-0.4, -0.2) is 0 Å². The fraction of sp³-hybridized carbons (Fsp3) is 0.200. The Hall–Kier alpha value is 0.750. The summed E-state index contributed by atoms with van der Waals surface area (Å²) in [5.74, 6) is 0. The van der Waals surface area contributed by atoms with Gasteiger partial charge in [-0.3, -0.25) is 0 Å². The first kappa shape index (κ1) is 13.2. The van der Waals surface area contributed by atoms with E-state index < -0.39 is 0 Å². The first-order chi connectivity index (χ1) is 7.50. The van der Waals surface area contributed by atoms with Crippen LogP contribution < -0.4 is 0 Å². The highest BCUT2D eigenvalue weighted by molar-refractivity contribution is 9.11. The molecule has 16 heavy (non-hydrogen) atoms. The molecule has 0 aliphatic heterocycles. The molecule has 0 nitrogen and oxygen atoms in total. The molecule has 0 radical (unpaired) electrons. The van der Waals surface area contributed by atoms with Crippen LogP contribution in [0, 0.1) is 6.92 Å². The smallest absolute Gasteiger partial charge is 0.104 e. The number of thiophene rings is 2. The molecule has 2 heterocycles. The van der Waals surface area contributed by atoms with Crippen LogP contribution in [0.5, 0.6) is 0 Å². The molecule has 0 amide bonds. The van der Waals surface area contributed by atoms with Gasteiger partial charge < -0.3 is 0 Å². The van der Waals surface area contributed by atoms with E-state index in [2.05, 4.69) is 15.9 Å². The Balaban J connectivity index is 2.38. The largest absolute Gasteiger partial charge is 0.145 e. The van der Waals surface area contributed by atoms with Crippen LogP contribution in [0.25, 0.3) is 0 Å². The lowest BCUT2D eigenvalue weighted by Gasteiger charge is -2.05. The number of hydrogen-bond donors (Lipinski definition) is 0. The van der Waals surface area contributed by atoms with E-state index >= 15 is 0 Å². The van der Waals surface area contributed by atoms with Gasteiger partial charge in [0.15, 0.2) is 0 Å². The van der Waals surface area contributed by atoms with E-state index in [-0.39, 0.29) is 5.38 Å². The van der Waals surface area contributed by atoms with E-state index in [4.69, 9.17) is 34.8 Å². The number of hydrogen-bond acceptors (Lipinski definition) is 2.